The maximum atomic E-state index is 13.0. The van der Waals surface area contributed by atoms with E-state index in [0.717, 1.165) is 6.07 Å². The van der Waals surface area contributed by atoms with E-state index in [0.29, 0.717) is 6.42 Å². The molecule has 1 atom stereocenters. The fraction of sp³-hybridized carbons (Fsp3) is 0.467. The zero-order chi connectivity index (χ0) is 16.7. The Balaban J connectivity index is 2.56. The molecule has 1 rings (SSSR count). The highest BCUT2D eigenvalue weighted by atomic mass is 35.5. The van der Waals surface area contributed by atoms with Gasteiger partial charge in [-0.05, 0) is 24.5 Å². The maximum absolute atomic E-state index is 13.0. The molecule has 22 heavy (non-hydrogen) atoms. The molecule has 1 amide bonds. The maximum Gasteiger partial charge on any atom is 0.328 e. The average molecular weight is 332 g/mol. The molecule has 7 heteroatoms. The topological polar surface area (TPSA) is 64.6 Å². The Bertz CT molecular complexity index is 536. The van der Waals surface area contributed by atoms with Gasteiger partial charge in [0.1, 0.15) is 17.6 Å². The van der Waals surface area contributed by atoms with E-state index < -0.39 is 23.7 Å². The normalized spacial score (nSPS) is 11.9. The number of amides is 1. The summed E-state index contributed by atoms with van der Waals surface area (Å²) in [5, 5.41) is 2.46. The number of halogens is 2. The summed E-state index contributed by atoms with van der Waals surface area (Å²) in [6.45, 7) is 3.55. The number of rotatable bonds is 7. The van der Waals surface area contributed by atoms with Crippen LogP contribution in [-0.2, 0) is 14.3 Å². The molecule has 0 aliphatic heterocycles. The molecular weight excluding hydrogens is 313 g/mol. The molecule has 1 aromatic rings. The van der Waals surface area contributed by atoms with Crippen LogP contribution in [0.3, 0.4) is 0 Å². The lowest BCUT2D eigenvalue weighted by molar-refractivity contribution is -0.145. The van der Waals surface area contributed by atoms with Crippen LogP contribution in [0.25, 0.3) is 0 Å². The predicted molar refractivity (Wildman–Crippen MR) is 80.3 cm³/mol. The molecule has 0 bridgehead atoms. The first-order chi connectivity index (χ1) is 10.3. The highest BCUT2D eigenvalue weighted by Crippen LogP contribution is 2.20. The smallest absolute Gasteiger partial charge is 0.328 e. The number of hydrogen-bond donors (Lipinski definition) is 1. The molecule has 0 unspecified atom stereocenters. The van der Waals surface area contributed by atoms with E-state index in [4.69, 9.17) is 16.3 Å². The van der Waals surface area contributed by atoms with E-state index in [-0.39, 0.29) is 23.3 Å². The number of carbonyl (C=O) groups is 2. The number of carbonyl (C=O) groups excluding carboxylic acids is 2. The zero-order valence-corrected chi connectivity index (χ0v) is 13.4. The molecule has 0 saturated heterocycles. The van der Waals surface area contributed by atoms with Crippen molar-refractivity contribution < 1.29 is 23.5 Å². The minimum Gasteiger partial charge on any atom is -0.484 e. The molecule has 0 spiro atoms. The van der Waals surface area contributed by atoms with E-state index in [1.165, 1.54) is 19.2 Å². The summed E-state index contributed by atoms with van der Waals surface area (Å²) >= 11 is 5.61. The van der Waals surface area contributed by atoms with Gasteiger partial charge in [0, 0.05) is 6.07 Å². The van der Waals surface area contributed by atoms with Crippen molar-refractivity contribution in [2.24, 2.45) is 5.92 Å². The van der Waals surface area contributed by atoms with Crippen molar-refractivity contribution >= 4 is 23.5 Å². The Morgan fingerprint density at radius 1 is 1.36 bits per heavy atom. The molecule has 5 nitrogen and oxygen atoms in total. The molecule has 0 fully saturated rings. The van der Waals surface area contributed by atoms with Gasteiger partial charge in [-0.15, -0.1) is 0 Å². The highest BCUT2D eigenvalue weighted by molar-refractivity contribution is 6.30. The lowest BCUT2D eigenvalue weighted by Crippen LogP contribution is -2.44. The van der Waals surface area contributed by atoms with Crippen molar-refractivity contribution in [2.75, 3.05) is 13.7 Å². The van der Waals surface area contributed by atoms with Crippen LogP contribution in [0.5, 0.6) is 5.75 Å². The predicted octanol–water partition coefficient (Wildman–Crippen LogP) is 2.56. The molecule has 0 saturated carbocycles. The average Bonchev–Trinajstić information content (AvgIpc) is 2.46. The van der Waals surface area contributed by atoms with Gasteiger partial charge in [0.05, 0.1) is 12.1 Å². The lowest BCUT2D eigenvalue weighted by Gasteiger charge is -2.18. The van der Waals surface area contributed by atoms with Gasteiger partial charge in [-0.1, -0.05) is 25.4 Å². The fourth-order valence-corrected chi connectivity index (χ4v) is 1.95. The van der Waals surface area contributed by atoms with Crippen LogP contribution in [0, 0.1) is 11.7 Å². The first-order valence-electron chi connectivity index (χ1n) is 6.78. The molecule has 1 N–H and O–H groups in total. The molecule has 122 valence electrons. The van der Waals surface area contributed by atoms with Gasteiger partial charge < -0.3 is 14.8 Å². The summed E-state index contributed by atoms with van der Waals surface area (Å²) in [5.41, 5.74) is 0. The van der Waals surface area contributed by atoms with Crippen LogP contribution in [0.1, 0.15) is 20.3 Å². The Labute approximate surface area is 133 Å². The third-order valence-electron chi connectivity index (χ3n) is 2.79. The van der Waals surface area contributed by atoms with Crippen LogP contribution in [0.15, 0.2) is 18.2 Å². The van der Waals surface area contributed by atoms with Gasteiger partial charge in [-0.2, -0.15) is 0 Å². The molecule has 0 heterocycles. The number of esters is 1. The number of ether oxygens (including phenoxy) is 2. The van der Waals surface area contributed by atoms with E-state index in [2.05, 4.69) is 10.1 Å². The van der Waals surface area contributed by atoms with Crippen molar-refractivity contribution in [1.29, 1.82) is 0 Å². The number of nitrogens with one attached hydrogen (secondary N) is 1. The summed E-state index contributed by atoms with van der Waals surface area (Å²) in [6.07, 6.45) is 0.459. The largest absolute Gasteiger partial charge is 0.484 e. The van der Waals surface area contributed by atoms with Crippen LogP contribution >= 0.6 is 11.6 Å². The number of hydrogen-bond acceptors (Lipinski definition) is 4. The first-order valence-corrected chi connectivity index (χ1v) is 7.16. The zero-order valence-electron chi connectivity index (χ0n) is 12.7. The quantitative estimate of drug-likeness (QED) is 0.780. The second kappa shape index (κ2) is 8.58. The SMILES string of the molecule is COC(=O)[C@@H](CC(C)C)NC(=O)COc1ccc(F)c(Cl)c1. The first kappa shape index (κ1) is 18.2. The Morgan fingerprint density at radius 2 is 2.05 bits per heavy atom. The Kier molecular flexibility index (Phi) is 7.11. The lowest BCUT2D eigenvalue weighted by atomic mass is 10.0. The van der Waals surface area contributed by atoms with Crippen molar-refractivity contribution in [1.82, 2.24) is 5.32 Å². The van der Waals surface area contributed by atoms with Gasteiger partial charge >= 0.3 is 5.97 Å². The van der Waals surface area contributed by atoms with Gasteiger partial charge in [0.25, 0.3) is 5.91 Å². The van der Waals surface area contributed by atoms with Crippen molar-refractivity contribution in [3.63, 3.8) is 0 Å². The highest BCUT2D eigenvalue weighted by Gasteiger charge is 2.22. The molecular formula is C15H19ClFNO4. The Morgan fingerprint density at radius 3 is 2.59 bits per heavy atom. The van der Waals surface area contributed by atoms with Crippen LogP contribution in [0.2, 0.25) is 5.02 Å². The minimum absolute atomic E-state index is 0.0925. The minimum atomic E-state index is -0.724. The van der Waals surface area contributed by atoms with Gasteiger partial charge in [-0.3, -0.25) is 4.79 Å². The van der Waals surface area contributed by atoms with E-state index in [1.807, 2.05) is 13.8 Å². The fourth-order valence-electron chi connectivity index (χ4n) is 1.78. The third-order valence-corrected chi connectivity index (χ3v) is 3.08. The second-order valence-corrected chi connectivity index (χ2v) is 5.54. The number of methoxy groups -OCH3 is 1. The summed E-state index contributed by atoms with van der Waals surface area (Å²) in [6, 6.07) is 3.06. The van der Waals surface area contributed by atoms with Crippen molar-refractivity contribution in [3.8, 4) is 5.75 Å². The molecule has 0 radical (unpaired) electrons. The molecule has 1 aromatic carbocycles. The van der Waals surface area contributed by atoms with Crippen molar-refractivity contribution in [3.05, 3.63) is 29.0 Å². The van der Waals surface area contributed by atoms with E-state index in [1.54, 1.807) is 0 Å². The van der Waals surface area contributed by atoms with Gasteiger partial charge in [0.2, 0.25) is 0 Å². The monoisotopic (exact) mass is 331 g/mol. The van der Waals surface area contributed by atoms with E-state index in [9.17, 15) is 14.0 Å². The van der Waals surface area contributed by atoms with Crippen LogP contribution in [0.4, 0.5) is 4.39 Å². The molecule has 0 aliphatic rings. The molecule has 0 aromatic heterocycles. The number of benzene rings is 1. The van der Waals surface area contributed by atoms with Gasteiger partial charge in [-0.25, -0.2) is 9.18 Å². The Hall–Kier alpha value is -1.82. The summed E-state index contributed by atoms with van der Waals surface area (Å²) in [4.78, 5) is 23.4. The van der Waals surface area contributed by atoms with Crippen LogP contribution in [-0.4, -0.2) is 31.6 Å². The van der Waals surface area contributed by atoms with Gasteiger partial charge in [0.15, 0.2) is 6.61 Å². The summed E-state index contributed by atoms with van der Waals surface area (Å²) in [5.74, 6) is -1.08. The summed E-state index contributed by atoms with van der Waals surface area (Å²) < 4.78 is 22.9. The molecule has 0 aliphatic carbocycles. The third kappa shape index (κ3) is 5.89. The van der Waals surface area contributed by atoms with Crippen LogP contribution < -0.4 is 10.1 Å². The standard InChI is InChI=1S/C15H19ClFNO4/c1-9(2)6-13(15(20)21-3)18-14(19)8-22-10-4-5-12(17)11(16)7-10/h4-5,7,9,13H,6,8H2,1-3H3,(H,18,19)/t13-/m1/s1. The second-order valence-electron chi connectivity index (χ2n) is 5.14. The summed E-state index contributed by atoms with van der Waals surface area (Å²) in [7, 11) is 1.26. The van der Waals surface area contributed by atoms with Crippen molar-refractivity contribution in [2.45, 2.75) is 26.3 Å². The van der Waals surface area contributed by atoms with E-state index >= 15 is 0 Å².